The molecule has 1 fully saturated rings. The molecule has 1 unspecified atom stereocenters. The predicted octanol–water partition coefficient (Wildman–Crippen LogP) is 4.52. The summed E-state index contributed by atoms with van der Waals surface area (Å²) in [6.45, 7) is 5.53. The van der Waals surface area contributed by atoms with E-state index in [4.69, 9.17) is 15.9 Å². The van der Waals surface area contributed by atoms with Crippen molar-refractivity contribution in [3.63, 3.8) is 0 Å². The van der Waals surface area contributed by atoms with Crippen LogP contribution in [0, 0.1) is 12.3 Å². The predicted molar refractivity (Wildman–Crippen MR) is 108 cm³/mol. The zero-order valence-corrected chi connectivity index (χ0v) is 16.0. The highest BCUT2D eigenvalue weighted by Gasteiger charge is 2.47. The van der Waals surface area contributed by atoms with E-state index in [1.165, 1.54) is 16.7 Å². The number of benzene rings is 2. The smallest absolute Gasteiger partial charge is 0.119 e. The van der Waals surface area contributed by atoms with Crippen LogP contribution in [-0.4, -0.2) is 31.1 Å². The fourth-order valence-electron chi connectivity index (χ4n) is 4.30. The van der Waals surface area contributed by atoms with Gasteiger partial charge in [-0.05, 0) is 48.1 Å². The average molecular weight is 361 g/mol. The molecule has 2 aromatic carbocycles. The Morgan fingerprint density at radius 2 is 1.96 bits per heavy atom. The van der Waals surface area contributed by atoms with Crippen LogP contribution in [-0.2, 0) is 10.3 Å². The first-order valence-electron chi connectivity index (χ1n) is 9.91. The van der Waals surface area contributed by atoms with E-state index in [1.807, 2.05) is 6.07 Å². The summed E-state index contributed by atoms with van der Waals surface area (Å²) in [6, 6.07) is 17.0. The minimum Gasteiger partial charge on any atom is -0.494 e. The van der Waals surface area contributed by atoms with Crippen LogP contribution in [0.4, 0.5) is 0 Å². The summed E-state index contributed by atoms with van der Waals surface area (Å²) in [4.78, 5) is 2.34. The van der Waals surface area contributed by atoms with E-state index in [0.717, 1.165) is 51.3 Å². The number of rotatable bonds is 5. The molecule has 0 bridgehead atoms. The van der Waals surface area contributed by atoms with Crippen molar-refractivity contribution in [2.24, 2.45) is 0 Å². The molecule has 0 amide bonds. The maximum absolute atomic E-state index is 6.80. The van der Waals surface area contributed by atoms with Crippen LogP contribution in [0.2, 0.25) is 0 Å². The number of hydrogen-bond donors (Lipinski definition) is 0. The third kappa shape index (κ3) is 3.48. The van der Waals surface area contributed by atoms with Gasteiger partial charge in [-0.1, -0.05) is 49.2 Å². The van der Waals surface area contributed by atoms with E-state index in [9.17, 15) is 0 Å². The molecular weight excluding hydrogens is 334 g/mol. The Hall–Kier alpha value is -2.28. The van der Waals surface area contributed by atoms with E-state index in [-0.39, 0.29) is 11.7 Å². The van der Waals surface area contributed by atoms with Gasteiger partial charge in [0.25, 0.3) is 0 Å². The van der Waals surface area contributed by atoms with Gasteiger partial charge in [0.05, 0.1) is 18.8 Å². The van der Waals surface area contributed by atoms with Gasteiger partial charge in [0.15, 0.2) is 0 Å². The molecule has 27 heavy (non-hydrogen) atoms. The van der Waals surface area contributed by atoms with Crippen LogP contribution in [0.3, 0.4) is 0 Å². The lowest BCUT2D eigenvalue weighted by atomic mass is 9.83. The number of fused-ring (bicyclic) bond motifs is 2. The fraction of sp³-hybridized carbons (Fsp3) is 0.417. The number of nitrogens with zero attached hydrogens (tertiary/aromatic N) is 1. The number of ether oxygens (including phenoxy) is 2. The third-order valence-electron chi connectivity index (χ3n) is 5.69. The number of terminal acetylenes is 1. The lowest BCUT2D eigenvalue weighted by Gasteiger charge is -2.39. The highest BCUT2D eigenvalue weighted by atomic mass is 16.5. The summed E-state index contributed by atoms with van der Waals surface area (Å²) in [5, 5.41) is 0. The number of hydrogen-bond acceptors (Lipinski definition) is 3. The maximum Gasteiger partial charge on any atom is 0.119 e. The van der Waals surface area contributed by atoms with Gasteiger partial charge in [0.2, 0.25) is 0 Å². The lowest BCUT2D eigenvalue weighted by Crippen LogP contribution is -2.42. The molecule has 0 saturated carbocycles. The van der Waals surface area contributed by atoms with E-state index in [0.29, 0.717) is 0 Å². The molecule has 0 radical (unpaired) electrons. The number of piperidine rings is 1. The minimum atomic E-state index is -0.218. The van der Waals surface area contributed by atoms with Gasteiger partial charge in [-0.2, -0.15) is 0 Å². The van der Waals surface area contributed by atoms with Crippen LogP contribution in [0.1, 0.15) is 49.0 Å². The second kappa shape index (κ2) is 7.76. The van der Waals surface area contributed by atoms with Crippen LogP contribution >= 0.6 is 0 Å². The normalized spacial score (nSPS) is 21.0. The standard InChI is InChI=1S/C24H27NO2/c1-3-14-25-15-12-24(13-16-25)22-11-10-20(26-17-4-2)18-21(22)23(27-24)19-8-6-5-7-9-19/h1,5-11,18,23H,4,12-17H2,2H3. The van der Waals surface area contributed by atoms with Crippen molar-refractivity contribution in [2.75, 3.05) is 26.2 Å². The lowest BCUT2D eigenvalue weighted by molar-refractivity contribution is -0.0954. The summed E-state index contributed by atoms with van der Waals surface area (Å²) in [5.74, 6) is 3.70. The Morgan fingerprint density at radius 3 is 2.67 bits per heavy atom. The van der Waals surface area contributed by atoms with Crippen molar-refractivity contribution >= 4 is 0 Å². The Labute approximate surface area is 162 Å². The summed E-state index contributed by atoms with van der Waals surface area (Å²) in [6.07, 6.45) is 8.41. The molecule has 3 heteroatoms. The van der Waals surface area contributed by atoms with Crippen molar-refractivity contribution in [3.8, 4) is 18.1 Å². The van der Waals surface area contributed by atoms with Crippen molar-refractivity contribution in [3.05, 3.63) is 65.2 Å². The van der Waals surface area contributed by atoms with Gasteiger partial charge in [0.1, 0.15) is 11.9 Å². The summed E-state index contributed by atoms with van der Waals surface area (Å²) in [5.41, 5.74) is 3.56. The Balaban J connectivity index is 1.68. The molecule has 0 aliphatic carbocycles. The largest absolute Gasteiger partial charge is 0.494 e. The molecule has 0 aromatic heterocycles. The number of likely N-dealkylation sites (tertiary alicyclic amines) is 1. The Kier molecular flexibility index (Phi) is 5.20. The van der Waals surface area contributed by atoms with Crippen molar-refractivity contribution < 1.29 is 9.47 Å². The molecule has 0 N–H and O–H groups in total. The highest BCUT2D eigenvalue weighted by Crippen LogP contribution is 2.52. The molecule has 140 valence electrons. The molecule has 1 spiro atoms. The van der Waals surface area contributed by atoms with Crippen molar-refractivity contribution in [1.29, 1.82) is 0 Å². The van der Waals surface area contributed by atoms with Gasteiger partial charge in [0, 0.05) is 13.1 Å². The van der Waals surface area contributed by atoms with Gasteiger partial charge in [-0.25, -0.2) is 0 Å². The molecule has 2 aromatic rings. The fourth-order valence-corrected chi connectivity index (χ4v) is 4.30. The summed E-state index contributed by atoms with van der Waals surface area (Å²) in [7, 11) is 0. The SMILES string of the molecule is C#CCN1CCC2(CC1)OC(c1ccccc1)c1cc(OCCC)ccc12. The van der Waals surface area contributed by atoms with E-state index >= 15 is 0 Å². The molecule has 4 rings (SSSR count). The first-order chi connectivity index (χ1) is 13.3. The van der Waals surface area contributed by atoms with Crippen LogP contribution in [0.15, 0.2) is 48.5 Å². The monoisotopic (exact) mass is 361 g/mol. The topological polar surface area (TPSA) is 21.7 Å². The molecular formula is C24H27NO2. The Bertz CT molecular complexity index is 816. The molecule has 2 aliphatic rings. The van der Waals surface area contributed by atoms with E-state index < -0.39 is 0 Å². The van der Waals surface area contributed by atoms with Gasteiger partial charge in [-0.15, -0.1) is 6.42 Å². The maximum atomic E-state index is 6.80. The van der Waals surface area contributed by atoms with Crippen molar-refractivity contribution in [2.45, 2.75) is 37.9 Å². The molecule has 1 atom stereocenters. The van der Waals surface area contributed by atoms with E-state index in [1.54, 1.807) is 0 Å². The average Bonchev–Trinajstić information content (AvgIpc) is 3.03. The summed E-state index contributed by atoms with van der Waals surface area (Å²) < 4.78 is 12.7. The zero-order chi connectivity index (χ0) is 18.7. The second-order valence-electron chi connectivity index (χ2n) is 7.48. The molecule has 2 heterocycles. The van der Waals surface area contributed by atoms with E-state index in [2.05, 4.69) is 60.2 Å². The zero-order valence-electron chi connectivity index (χ0n) is 16.0. The van der Waals surface area contributed by atoms with Crippen LogP contribution in [0.25, 0.3) is 0 Å². The minimum absolute atomic E-state index is 0.0365. The summed E-state index contributed by atoms with van der Waals surface area (Å²) >= 11 is 0. The highest BCUT2D eigenvalue weighted by molar-refractivity contribution is 5.47. The van der Waals surface area contributed by atoms with Gasteiger partial charge >= 0.3 is 0 Å². The quantitative estimate of drug-likeness (QED) is 0.731. The van der Waals surface area contributed by atoms with Crippen LogP contribution < -0.4 is 4.74 Å². The molecule has 3 nitrogen and oxygen atoms in total. The van der Waals surface area contributed by atoms with Gasteiger partial charge < -0.3 is 9.47 Å². The molecule has 2 aliphatic heterocycles. The Morgan fingerprint density at radius 1 is 1.19 bits per heavy atom. The molecule has 1 saturated heterocycles. The second-order valence-corrected chi connectivity index (χ2v) is 7.48. The van der Waals surface area contributed by atoms with Crippen molar-refractivity contribution in [1.82, 2.24) is 4.90 Å². The van der Waals surface area contributed by atoms with Gasteiger partial charge in [-0.3, -0.25) is 4.90 Å². The van der Waals surface area contributed by atoms with Crippen LogP contribution in [0.5, 0.6) is 5.75 Å². The first kappa shape index (κ1) is 18.1. The first-order valence-corrected chi connectivity index (χ1v) is 9.91. The third-order valence-corrected chi connectivity index (χ3v) is 5.69.